The molecule has 2 amide bonds. The highest BCUT2D eigenvalue weighted by molar-refractivity contribution is 9.10. The second-order valence-electron chi connectivity index (χ2n) is 7.13. The van der Waals surface area contributed by atoms with Crippen LogP contribution in [0.4, 0.5) is 27.6 Å². The van der Waals surface area contributed by atoms with E-state index in [0.29, 0.717) is 16.6 Å². The Morgan fingerprint density at radius 1 is 1.09 bits per heavy atom. The lowest BCUT2D eigenvalue weighted by Crippen LogP contribution is -2.21. The zero-order valence-electron chi connectivity index (χ0n) is 16.6. The van der Waals surface area contributed by atoms with Gasteiger partial charge in [-0.1, -0.05) is 27.5 Å². The van der Waals surface area contributed by atoms with Gasteiger partial charge in [-0.05, 0) is 48.5 Å². The molecule has 0 radical (unpaired) electrons. The Morgan fingerprint density at radius 2 is 1.82 bits per heavy atom. The van der Waals surface area contributed by atoms with Crippen LogP contribution in [0.5, 0.6) is 5.75 Å². The van der Waals surface area contributed by atoms with Crippen LogP contribution in [-0.4, -0.2) is 18.2 Å². The molecule has 0 saturated carbocycles. The van der Waals surface area contributed by atoms with Crippen molar-refractivity contribution in [3.63, 3.8) is 0 Å². The molecule has 1 unspecified atom stereocenters. The van der Waals surface area contributed by atoms with Crippen LogP contribution in [0.2, 0.25) is 5.02 Å². The normalized spacial score (nSPS) is 15.0. The molecule has 34 heavy (non-hydrogen) atoms. The van der Waals surface area contributed by atoms with Gasteiger partial charge in [0.25, 0.3) is 11.8 Å². The van der Waals surface area contributed by atoms with Gasteiger partial charge in [0.2, 0.25) is 0 Å². The van der Waals surface area contributed by atoms with Gasteiger partial charge in [0, 0.05) is 37.4 Å². The van der Waals surface area contributed by atoms with E-state index < -0.39 is 41.6 Å². The van der Waals surface area contributed by atoms with Gasteiger partial charge in [-0.25, -0.2) is 8.78 Å². The first-order chi connectivity index (χ1) is 15.9. The summed E-state index contributed by atoms with van der Waals surface area (Å²) < 4.78 is 69.0. The number of ether oxygens (including phenoxy) is 1. The van der Waals surface area contributed by atoms with Crippen LogP contribution in [0.1, 0.15) is 37.9 Å². The lowest BCUT2D eigenvalue weighted by atomic mass is 9.96. The molecular formula is C22H11BrClF5N2O3. The molecular weight excluding hydrogens is 551 g/mol. The predicted octanol–water partition coefficient (Wildman–Crippen LogP) is 6.36. The third-order valence-corrected chi connectivity index (χ3v) is 5.69. The minimum absolute atomic E-state index is 0.120. The summed E-state index contributed by atoms with van der Waals surface area (Å²) in [4.78, 5) is 25.3. The SMILES string of the molecule is O=C(Nc1cc(Br)cc2c1C(c1cc(F)ccc1Cl)NC2=O)c1ccc(OC(F)(F)F)c(F)c1. The maximum absolute atomic E-state index is 14.1. The summed E-state index contributed by atoms with van der Waals surface area (Å²) in [6.45, 7) is 0. The monoisotopic (exact) mass is 560 g/mol. The summed E-state index contributed by atoms with van der Waals surface area (Å²) in [7, 11) is 0. The molecule has 4 rings (SSSR count). The Hall–Kier alpha value is -3.18. The second kappa shape index (κ2) is 8.88. The Labute approximate surface area is 202 Å². The van der Waals surface area contributed by atoms with Crippen LogP contribution in [-0.2, 0) is 0 Å². The van der Waals surface area contributed by atoms with E-state index >= 15 is 0 Å². The molecule has 3 aromatic rings. The largest absolute Gasteiger partial charge is 0.573 e. The van der Waals surface area contributed by atoms with Gasteiger partial charge in [0.05, 0.1) is 6.04 Å². The Morgan fingerprint density at radius 3 is 2.50 bits per heavy atom. The number of fused-ring (bicyclic) bond motifs is 1. The molecule has 1 atom stereocenters. The number of carbonyl (C=O) groups is 2. The Kier molecular flexibility index (Phi) is 6.26. The molecule has 0 aliphatic carbocycles. The molecule has 0 fully saturated rings. The van der Waals surface area contributed by atoms with E-state index in [1.165, 1.54) is 18.2 Å². The summed E-state index contributed by atoms with van der Waals surface area (Å²) in [5.74, 6) is -4.46. The highest BCUT2D eigenvalue weighted by atomic mass is 79.9. The number of hydrogen-bond donors (Lipinski definition) is 2. The number of carbonyl (C=O) groups excluding carboxylic acids is 2. The first kappa shape index (κ1) is 24.0. The highest BCUT2D eigenvalue weighted by Crippen LogP contribution is 2.41. The second-order valence-corrected chi connectivity index (χ2v) is 8.46. The minimum atomic E-state index is -5.10. The number of nitrogens with one attached hydrogen (secondary N) is 2. The lowest BCUT2D eigenvalue weighted by molar-refractivity contribution is -0.275. The van der Waals surface area contributed by atoms with Crippen molar-refractivity contribution in [3.05, 3.63) is 91.9 Å². The van der Waals surface area contributed by atoms with Crippen LogP contribution in [0.25, 0.3) is 0 Å². The molecule has 3 aromatic carbocycles. The number of halogens is 7. The van der Waals surface area contributed by atoms with Crippen molar-refractivity contribution in [2.24, 2.45) is 0 Å². The van der Waals surface area contributed by atoms with Crippen LogP contribution in [0.15, 0.2) is 53.0 Å². The molecule has 5 nitrogen and oxygen atoms in total. The minimum Gasteiger partial charge on any atom is -0.403 e. The fraction of sp³-hybridized carbons (Fsp3) is 0.0909. The molecule has 1 aliphatic rings. The van der Waals surface area contributed by atoms with Crippen molar-refractivity contribution in [2.45, 2.75) is 12.4 Å². The van der Waals surface area contributed by atoms with E-state index in [9.17, 15) is 31.5 Å². The molecule has 0 saturated heterocycles. The molecule has 0 bridgehead atoms. The number of hydrogen-bond acceptors (Lipinski definition) is 3. The summed E-state index contributed by atoms with van der Waals surface area (Å²) >= 11 is 9.45. The molecule has 0 spiro atoms. The standard InChI is InChI=1S/C22H11BrClF5N2O3/c23-10-6-13-18(19(31-21(13)33)12-8-11(25)2-3-14(12)24)16(7-10)30-20(32)9-1-4-17(15(26)5-9)34-22(27,28)29/h1-8,19H,(H,30,32)(H,31,33). The molecule has 2 N–H and O–H groups in total. The summed E-state index contributed by atoms with van der Waals surface area (Å²) in [5.41, 5.74) is 0.514. The fourth-order valence-corrected chi connectivity index (χ4v) is 4.20. The molecule has 0 aromatic heterocycles. The summed E-state index contributed by atoms with van der Waals surface area (Å²) in [6, 6.07) is 7.86. The quantitative estimate of drug-likeness (QED) is 0.364. The van der Waals surface area contributed by atoms with Crippen molar-refractivity contribution in [1.82, 2.24) is 5.32 Å². The van der Waals surface area contributed by atoms with E-state index in [-0.39, 0.29) is 33.0 Å². The van der Waals surface area contributed by atoms with Crippen LogP contribution in [0.3, 0.4) is 0 Å². The van der Waals surface area contributed by atoms with Crippen LogP contribution >= 0.6 is 27.5 Å². The first-order valence-electron chi connectivity index (χ1n) is 9.39. The van der Waals surface area contributed by atoms with Gasteiger partial charge >= 0.3 is 6.36 Å². The van der Waals surface area contributed by atoms with Gasteiger partial charge in [0.15, 0.2) is 11.6 Å². The third-order valence-electron chi connectivity index (χ3n) is 4.89. The van der Waals surface area contributed by atoms with E-state index in [0.717, 1.165) is 18.2 Å². The van der Waals surface area contributed by atoms with Gasteiger partial charge in [0.1, 0.15) is 5.82 Å². The predicted molar refractivity (Wildman–Crippen MR) is 116 cm³/mol. The zero-order chi connectivity index (χ0) is 24.8. The van der Waals surface area contributed by atoms with Gasteiger partial charge in [-0.2, -0.15) is 0 Å². The van der Waals surface area contributed by atoms with Gasteiger partial charge in [-0.3, -0.25) is 9.59 Å². The maximum Gasteiger partial charge on any atom is 0.573 e. The van der Waals surface area contributed by atoms with Crippen molar-refractivity contribution < 1.29 is 36.3 Å². The first-order valence-corrected chi connectivity index (χ1v) is 10.6. The molecule has 12 heteroatoms. The molecule has 176 valence electrons. The van der Waals surface area contributed by atoms with Crippen molar-refractivity contribution in [3.8, 4) is 5.75 Å². The highest BCUT2D eigenvalue weighted by Gasteiger charge is 2.35. The van der Waals surface area contributed by atoms with Crippen molar-refractivity contribution >= 4 is 45.0 Å². The van der Waals surface area contributed by atoms with E-state index in [1.807, 2.05) is 0 Å². The smallest absolute Gasteiger partial charge is 0.403 e. The Balaban J connectivity index is 1.71. The average molecular weight is 562 g/mol. The lowest BCUT2D eigenvalue weighted by Gasteiger charge is -2.18. The zero-order valence-corrected chi connectivity index (χ0v) is 18.9. The fourth-order valence-electron chi connectivity index (χ4n) is 3.51. The van der Waals surface area contributed by atoms with Crippen LogP contribution in [0, 0.1) is 11.6 Å². The Bertz CT molecular complexity index is 1330. The van der Waals surface area contributed by atoms with E-state index in [1.54, 1.807) is 0 Å². The third kappa shape index (κ3) is 4.85. The number of anilines is 1. The average Bonchev–Trinajstić information content (AvgIpc) is 3.06. The number of benzene rings is 3. The molecule has 1 heterocycles. The van der Waals surface area contributed by atoms with Gasteiger partial charge < -0.3 is 15.4 Å². The number of alkyl halides is 3. The van der Waals surface area contributed by atoms with Crippen molar-refractivity contribution in [1.29, 1.82) is 0 Å². The topological polar surface area (TPSA) is 67.4 Å². The molecule has 1 aliphatic heterocycles. The number of rotatable bonds is 4. The summed E-state index contributed by atoms with van der Waals surface area (Å²) in [6.07, 6.45) is -5.10. The van der Waals surface area contributed by atoms with E-state index in [4.69, 9.17) is 11.6 Å². The van der Waals surface area contributed by atoms with Gasteiger partial charge in [-0.15, -0.1) is 13.2 Å². The van der Waals surface area contributed by atoms with Crippen molar-refractivity contribution in [2.75, 3.05) is 5.32 Å². The van der Waals surface area contributed by atoms with E-state index in [2.05, 4.69) is 31.3 Å². The van der Waals surface area contributed by atoms with Crippen LogP contribution < -0.4 is 15.4 Å². The number of amides is 2. The maximum atomic E-state index is 14.1. The summed E-state index contributed by atoms with van der Waals surface area (Å²) in [5, 5.41) is 5.37.